The Balaban J connectivity index is 2.06. The Bertz CT molecular complexity index is 701. The molecule has 25 heavy (non-hydrogen) atoms. The van der Waals surface area contributed by atoms with Crippen molar-refractivity contribution >= 4 is 25.9 Å². The van der Waals surface area contributed by atoms with Gasteiger partial charge in [0.05, 0.1) is 17.5 Å². The van der Waals surface area contributed by atoms with Crippen LogP contribution in [0, 0.1) is 12.3 Å². The van der Waals surface area contributed by atoms with Gasteiger partial charge < -0.3 is 16.0 Å². The molecule has 0 atom stereocenters. The molecule has 1 fully saturated rings. The summed E-state index contributed by atoms with van der Waals surface area (Å²) < 4.78 is 26.4. The average molecular weight is 365 g/mol. The summed E-state index contributed by atoms with van der Waals surface area (Å²) in [7, 11) is 5.21. The molecule has 5 nitrogen and oxygen atoms in total. The van der Waals surface area contributed by atoms with E-state index in [-0.39, 0.29) is 18.9 Å². The van der Waals surface area contributed by atoms with Crippen molar-refractivity contribution in [2.45, 2.75) is 44.6 Å². The van der Waals surface area contributed by atoms with Crippen LogP contribution in [0.4, 0.5) is 20.5 Å². The van der Waals surface area contributed by atoms with Gasteiger partial charge in [-0.1, -0.05) is 5.92 Å². The van der Waals surface area contributed by atoms with Crippen molar-refractivity contribution in [2.75, 3.05) is 17.7 Å². The second-order valence-corrected chi connectivity index (χ2v) is 6.71. The summed E-state index contributed by atoms with van der Waals surface area (Å²) in [6, 6.07) is 0.0278. The number of terminal acetylenes is 1. The third kappa shape index (κ3) is 5.40. The predicted octanol–water partition coefficient (Wildman–Crippen LogP) is 3.26. The zero-order chi connectivity index (χ0) is 18.4. The van der Waals surface area contributed by atoms with E-state index in [1.165, 1.54) is 0 Å². The van der Waals surface area contributed by atoms with Gasteiger partial charge in [0.2, 0.25) is 11.9 Å². The minimum absolute atomic E-state index is 0.0278. The second kappa shape index (κ2) is 8.26. The minimum Gasteiger partial charge on any atom is -0.386 e. The fourth-order valence-corrected chi connectivity index (χ4v) is 2.64. The lowest BCUT2D eigenvalue weighted by Crippen LogP contribution is -2.35. The van der Waals surface area contributed by atoms with Gasteiger partial charge in [0.1, 0.15) is 5.82 Å². The number of rotatable bonds is 6. The van der Waals surface area contributed by atoms with Crippen LogP contribution in [-0.4, -0.2) is 34.3 Å². The van der Waals surface area contributed by atoms with E-state index in [2.05, 4.69) is 40.7 Å². The quantitative estimate of drug-likeness (QED) is 0.534. The highest BCUT2D eigenvalue weighted by Gasteiger charge is 2.34. The molecule has 0 unspecified atom stereocenters. The molecular weight excluding hydrogens is 343 g/mol. The first kappa shape index (κ1) is 19.1. The van der Waals surface area contributed by atoms with E-state index in [1.807, 2.05) is 6.92 Å². The van der Waals surface area contributed by atoms with Crippen LogP contribution in [0.25, 0.3) is 0 Å². The van der Waals surface area contributed by atoms with Crippen molar-refractivity contribution in [3.63, 3.8) is 0 Å². The van der Waals surface area contributed by atoms with E-state index in [4.69, 9.17) is 6.42 Å². The summed E-state index contributed by atoms with van der Waals surface area (Å²) in [5, 5.41) is 10.0. The molecule has 1 heterocycles. The van der Waals surface area contributed by atoms with Gasteiger partial charge in [0, 0.05) is 32.1 Å². The highest BCUT2D eigenvalue weighted by Crippen LogP contribution is 2.33. The minimum atomic E-state index is -2.53. The van der Waals surface area contributed by atoms with Crippen LogP contribution in [-0.2, 0) is 0 Å². The molecule has 8 heteroatoms. The largest absolute Gasteiger partial charge is 0.386 e. The summed E-state index contributed by atoms with van der Waals surface area (Å²) in [4.78, 5) is 8.51. The molecule has 1 aliphatic rings. The first-order valence-corrected chi connectivity index (χ1v) is 8.52. The molecule has 2 rings (SSSR count). The molecule has 0 spiro atoms. The predicted molar refractivity (Wildman–Crippen MR) is 101 cm³/mol. The zero-order valence-electron chi connectivity index (χ0n) is 14.3. The molecule has 0 aliphatic heterocycles. The number of nitrogens with zero attached hydrogens (tertiary/aromatic N) is 2. The standard InChI is InChI=1S/C17H22F2N5P/c1-4-12-9-22-16(24-15(12)20-3)23-14(11(2)25)10-21-13-5-7-17(18,19)8-6-13/h1,9-10,13,21,25H,5-8H2,2-3H3,(H2,20,22,23,24)/b14-10+. The molecular formula is C17H22F2N5P. The first-order chi connectivity index (χ1) is 11.8. The maximum Gasteiger partial charge on any atom is 0.248 e. The Morgan fingerprint density at radius 3 is 2.68 bits per heavy atom. The van der Waals surface area contributed by atoms with E-state index < -0.39 is 5.92 Å². The normalized spacial score (nSPS) is 17.5. The van der Waals surface area contributed by atoms with Crippen LogP contribution in [0.5, 0.6) is 0 Å². The van der Waals surface area contributed by atoms with Gasteiger partial charge in [0.25, 0.3) is 0 Å². The van der Waals surface area contributed by atoms with Crippen molar-refractivity contribution in [3.8, 4) is 12.3 Å². The number of halogens is 2. The van der Waals surface area contributed by atoms with Gasteiger partial charge in [-0.2, -0.15) is 4.98 Å². The SMILES string of the molecule is C#Cc1cnc(N/C(=C/NC2CCC(F)(F)CC2)C(C)=P)nc1NC. The zero-order valence-corrected chi connectivity index (χ0v) is 15.3. The molecule has 134 valence electrons. The number of anilines is 2. The molecule has 0 amide bonds. The lowest BCUT2D eigenvalue weighted by molar-refractivity contribution is -0.0394. The molecule has 0 saturated heterocycles. The maximum absolute atomic E-state index is 13.2. The maximum atomic E-state index is 13.2. The van der Waals surface area contributed by atoms with Gasteiger partial charge in [-0.15, -0.1) is 15.3 Å². The van der Waals surface area contributed by atoms with Gasteiger partial charge in [-0.05, 0) is 25.1 Å². The summed E-state index contributed by atoms with van der Waals surface area (Å²) in [6.45, 7) is 1.86. The summed E-state index contributed by atoms with van der Waals surface area (Å²) in [5.74, 6) is 0.903. The van der Waals surface area contributed by atoms with Crippen molar-refractivity contribution in [2.24, 2.45) is 0 Å². The first-order valence-electron chi connectivity index (χ1n) is 8.02. The summed E-state index contributed by atoms with van der Waals surface area (Å²) in [5.41, 5.74) is 1.28. The molecule has 3 N–H and O–H groups in total. The van der Waals surface area contributed by atoms with Crippen molar-refractivity contribution in [1.82, 2.24) is 15.3 Å². The molecule has 1 saturated carbocycles. The number of hydrogen-bond donors (Lipinski definition) is 3. The molecule has 1 aromatic rings. The van der Waals surface area contributed by atoms with Gasteiger partial charge in [-0.25, -0.2) is 13.8 Å². The fraction of sp³-hybridized carbons (Fsp3) is 0.471. The lowest BCUT2D eigenvalue weighted by Gasteiger charge is -2.28. The molecule has 0 aromatic carbocycles. The Hall–Kier alpha value is -2.19. The monoisotopic (exact) mass is 365 g/mol. The Morgan fingerprint density at radius 1 is 1.44 bits per heavy atom. The number of hydrogen-bond acceptors (Lipinski definition) is 5. The number of alkyl halides is 2. The van der Waals surface area contributed by atoms with E-state index in [9.17, 15) is 8.78 Å². The van der Waals surface area contributed by atoms with Gasteiger partial charge in [0.15, 0.2) is 0 Å². The highest BCUT2D eigenvalue weighted by molar-refractivity contribution is 7.22. The summed E-state index contributed by atoms with van der Waals surface area (Å²) >= 11 is 0. The third-order valence-electron chi connectivity index (χ3n) is 4.01. The number of allylic oxidation sites excluding steroid dienone is 1. The van der Waals surface area contributed by atoms with Crippen LogP contribution in [0.2, 0.25) is 0 Å². The second-order valence-electron chi connectivity index (χ2n) is 5.96. The van der Waals surface area contributed by atoms with E-state index in [0.29, 0.717) is 35.9 Å². The van der Waals surface area contributed by atoms with Crippen molar-refractivity contribution < 1.29 is 8.78 Å². The van der Waals surface area contributed by atoms with E-state index >= 15 is 0 Å². The molecule has 1 aliphatic carbocycles. The summed E-state index contributed by atoms with van der Waals surface area (Å²) in [6.07, 6.45) is 9.42. The Labute approximate surface area is 148 Å². The van der Waals surface area contributed by atoms with Crippen molar-refractivity contribution in [1.29, 1.82) is 0 Å². The molecule has 1 aromatic heterocycles. The van der Waals surface area contributed by atoms with E-state index in [1.54, 1.807) is 19.4 Å². The van der Waals surface area contributed by atoms with Crippen LogP contribution in [0.15, 0.2) is 18.1 Å². The number of nitrogens with one attached hydrogen (secondary N) is 3. The van der Waals surface area contributed by atoms with Gasteiger partial charge in [-0.3, -0.25) is 0 Å². The average Bonchev–Trinajstić information content (AvgIpc) is 2.59. The van der Waals surface area contributed by atoms with Crippen LogP contribution >= 0.6 is 8.86 Å². The lowest BCUT2D eigenvalue weighted by atomic mass is 9.92. The van der Waals surface area contributed by atoms with Crippen LogP contribution in [0.1, 0.15) is 38.2 Å². The van der Waals surface area contributed by atoms with E-state index in [0.717, 1.165) is 5.29 Å². The van der Waals surface area contributed by atoms with Crippen molar-refractivity contribution in [3.05, 3.63) is 23.7 Å². The smallest absolute Gasteiger partial charge is 0.248 e. The Morgan fingerprint density at radius 2 is 2.12 bits per heavy atom. The highest BCUT2D eigenvalue weighted by atomic mass is 31.0. The van der Waals surface area contributed by atoms with Crippen LogP contribution < -0.4 is 16.0 Å². The van der Waals surface area contributed by atoms with Crippen LogP contribution in [0.3, 0.4) is 0 Å². The molecule has 0 bridgehead atoms. The topological polar surface area (TPSA) is 61.9 Å². The fourth-order valence-electron chi connectivity index (χ4n) is 2.50. The number of aromatic nitrogens is 2. The Kier molecular flexibility index (Phi) is 6.33. The molecule has 0 radical (unpaired) electrons. The third-order valence-corrected chi connectivity index (χ3v) is 4.28. The van der Waals surface area contributed by atoms with Gasteiger partial charge >= 0.3 is 0 Å².